The minimum absolute atomic E-state index is 0.0396. The van der Waals surface area contributed by atoms with Crippen molar-refractivity contribution < 1.29 is 18.7 Å². The summed E-state index contributed by atoms with van der Waals surface area (Å²) >= 11 is 1.21. The van der Waals surface area contributed by atoms with Crippen LogP contribution in [0.1, 0.15) is 6.42 Å². The number of ether oxygens (including phenoxy) is 1. The first-order valence-corrected chi connectivity index (χ1v) is 8.80. The first-order chi connectivity index (χ1) is 12.6. The molecule has 0 radical (unpaired) electrons. The SMILES string of the molecule is O=C(CCN1C(=O)COc2ccccc21)Nc1nc2ccc(F)cc2s1. The van der Waals surface area contributed by atoms with E-state index in [9.17, 15) is 14.0 Å². The zero-order chi connectivity index (χ0) is 18.1. The quantitative estimate of drug-likeness (QED) is 0.765. The maximum absolute atomic E-state index is 13.2. The second-order valence-electron chi connectivity index (χ2n) is 5.73. The van der Waals surface area contributed by atoms with E-state index in [-0.39, 0.29) is 37.2 Å². The highest BCUT2D eigenvalue weighted by Gasteiger charge is 2.25. The summed E-state index contributed by atoms with van der Waals surface area (Å²) in [6, 6.07) is 11.5. The molecule has 132 valence electrons. The van der Waals surface area contributed by atoms with Crippen LogP contribution >= 0.6 is 11.3 Å². The van der Waals surface area contributed by atoms with Crippen molar-refractivity contribution >= 4 is 44.2 Å². The number of anilines is 2. The van der Waals surface area contributed by atoms with Crippen LogP contribution in [0.3, 0.4) is 0 Å². The number of hydrogen-bond donors (Lipinski definition) is 1. The molecule has 1 aliphatic rings. The van der Waals surface area contributed by atoms with Crippen molar-refractivity contribution in [2.45, 2.75) is 6.42 Å². The monoisotopic (exact) mass is 371 g/mol. The summed E-state index contributed by atoms with van der Waals surface area (Å²) in [6.45, 7) is 0.201. The minimum atomic E-state index is -0.344. The molecule has 0 fully saturated rings. The summed E-state index contributed by atoms with van der Waals surface area (Å²) in [6.07, 6.45) is 0.115. The number of hydrogen-bond acceptors (Lipinski definition) is 5. The number of benzene rings is 2. The van der Waals surface area contributed by atoms with Gasteiger partial charge in [-0.05, 0) is 30.3 Å². The van der Waals surface area contributed by atoms with Gasteiger partial charge >= 0.3 is 0 Å². The second kappa shape index (κ2) is 6.72. The van der Waals surface area contributed by atoms with E-state index in [1.165, 1.54) is 23.5 Å². The largest absolute Gasteiger partial charge is 0.482 e. The second-order valence-corrected chi connectivity index (χ2v) is 6.76. The summed E-state index contributed by atoms with van der Waals surface area (Å²) in [5.74, 6) is -0.169. The van der Waals surface area contributed by atoms with Gasteiger partial charge in [-0.2, -0.15) is 0 Å². The van der Waals surface area contributed by atoms with E-state index >= 15 is 0 Å². The Morgan fingerprint density at radius 2 is 2.15 bits per heavy atom. The molecule has 1 aliphatic heterocycles. The number of halogens is 1. The van der Waals surface area contributed by atoms with Crippen LogP contribution in [-0.2, 0) is 9.59 Å². The third-order valence-corrected chi connectivity index (χ3v) is 4.90. The van der Waals surface area contributed by atoms with Gasteiger partial charge in [-0.3, -0.25) is 9.59 Å². The van der Waals surface area contributed by atoms with E-state index in [2.05, 4.69) is 10.3 Å². The lowest BCUT2D eigenvalue weighted by molar-refractivity contribution is -0.121. The normalized spacial score (nSPS) is 13.4. The van der Waals surface area contributed by atoms with Crippen molar-refractivity contribution in [2.75, 3.05) is 23.4 Å². The van der Waals surface area contributed by atoms with Crippen LogP contribution in [0.25, 0.3) is 10.2 Å². The van der Waals surface area contributed by atoms with Crippen LogP contribution < -0.4 is 15.0 Å². The number of aromatic nitrogens is 1. The molecule has 2 aromatic carbocycles. The van der Waals surface area contributed by atoms with Crippen molar-refractivity contribution in [3.05, 3.63) is 48.3 Å². The molecule has 2 amide bonds. The number of carbonyl (C=O) groups is 2. The first-order valence-electron chi connectivity index (χ1n) is 7.98. The van der Waals surface area contributed by atoms with E-state index in [0.29, 0.717) is 26.8 Å². The molecule has 0 spiro atoms. The molecule has 0 saturated carbocycles. The molecular formula is C18H14FN3O3S. The van der Waals surface area contributed by atoms with Crippen molar-refractivity contribution in [3.63, 3.8) is 0 Å². The third-order valence-electron chi connectivity index (χ3n) is 3.97. The lowest BCUT2D eigenvalue weighted by Gasteiger charge is -2.29. The standard InChI is InChI=1S/C18H14FN3O3S/c19-11-5-6-12-15(9-11)26-18(20-12)21-16(23)7-8-22-13-3-1-2-4-14(13)25-10-17(22)24/h1-6,9H,7-8,10H2,(H,20,21,23). The van der Waals surface area contributed by atoms with Crippen LogP contribution in [-0.4, -0.2) is 29.9 Å². The average molecular weight is 371 g/mol. The number of carbonyl (C=O) groups excluding carboxylic acids is 2. The summed E-state index contributed by atoms with van der Waals surface area (Å²) in [5, 5.41) is 3.11. The summed E-state index contributed by atoms with van der Waals surface area (Å²) in [5.41, 5.74) is 1.29. The summed E-state index contributed by atoms with van der Waals surface area (Å²) in [7, 11) is 0. The number of para-hydroxylation sites is 2. The number of rotatable bonds is 4. The van der Waals surface area contributed by atoms with Gasteiger partial charge in [0.2, 0.25) is 5.91 Å². The topological polar surface area (TPSA) is 71.5 Å². The molecule has 3 aromatic rings. The molecule has 8 heteroatoms. The Morgan fingerprint density at radius 3 is 3.04 bits per heavy atom. The van der Waals surface area contributed by atoms with E-state index in [1.54, 1.807) is 23.1 Å². The van der Waals surface area contributed by atoms with Gasteiger partial charge in [0.05, 0.1) is 15.9 Å². The fourth-order valence-corrected chi connectivity index (χ4v) is 3.65. The lowest BCUT2D eigenvalue weighted by atomic mass is 10.2. The third kappa shape index (κ3) is 3.23. The molecule has 0 saturated heterocycles. The fourth-order valence-electron chi connectivity index (χ4n) is 2.75. The molecular weight excluding hydrogens is 357 g/mol. The Hall–Kier alpha value is -3.00. The number of thiazole rings is 1. The number of nitrogens with zero attached hydrogens (tertiary/aromatic N) is 2. The van der Waals surface area contributed by atoms with Crippen LogP contribution in [0.5, 0.6) is 5.75 Å². The highest BCUT2D eigenvalue weighted by Crippen LogP contribution is 2.31. The molecule has 1 aromatic heterocycles. The average Bonchev–Trinajstić information content (AvgIpc) is 3.02. The number of nitrogens with one attached hydrogen (secondary N) is 1. The number of amides is 2. The fraction of sp³-hybridized carbons (Fsp3) is 0.167. The van der Waals surface area contributed by atoms with Gasteiger partial charge < -0.3 is 15.0 Å². The predicted octanol–water partition coefficient (Wildman–Crippen LogP) is 3.19. The molecule has 2 heterocycles. The van der Waals surface area contributed by atoms with Gasteiger partial charge in [0, 0.05) is 13.0 Å². The van der Waals surface area contributed by atoms with Crippen LogP contribution in [0.2, 0.25) is 0 Å². The van der Waals surface area contributed by atoms with Gasteiger partial charge in [0.25, 0.3) is 5.91 Å². The maximum Gasteiger partial charge on any atom is 0.265 e. The molecule has 1 N–H and O–H groups in total. The van der Waals surface area contributed by atoms with Gasteiger partial charge in [-0.1, -0.05) is 23.5 Å². The van der Waals surface area contributed by atoms with Crippen molar-refractivity contribution in [3.8, 4) is 5.75 Å². The van der Waals surface area contributed by atoms with Gasteiger partial charge in [-0.15, -0.1) is 0 Å². The van der Waals surface area contributed by atoms with E-state index in [0.717, 1.165) is 0 Å². The molecule has 0 bridgehead atoms. The Kier molecular flexibility index (Phi) is 4.26. The van der Waals surface area contributed by atoms with Gasteiger partial charge in [0.1, 0.15) is 11.6 Å². The van der Waals surface area contributed by atoms with E-state index < -0.39 is 0 Å². The van der Waals surface area contributed by atoms with Crippen molar-refractivity contribution in [1.29, 1.82) is 0 Å². The molecule has 0 aliphatic carbocycles. The minimum Gasteiger partial charge on any atom is -0.482 e. The van der Waals surface area contributed by atoms with Crippen molar-refractivity contribution in [2.24, 2.45) is 0 Å². The van der Waals surface area contributed by atoms with E-state index in [4.69, 9.17) is 4.74 Å². The van der Waals surface area contributed by atoms with Gasteiger partial charge in [-0.25, -0.2) is 9.37 Å². The zero-order valence-corrected chi connectivity index (χ0v) is 14.4. The molecule has 0 unspecified atom stereocenters. The Morgan fingerprint density at radius 1 is 1.31 bits per heavy atom. The lowest BCUT2D eigenvalue weighted by Crippen LogP contribution is -2.40. The highest BCUT2D eigenvalue weighted by molar-refractivity contribution is 7.22. The van der Waals surface area contributed by atoms with E-state index in [1.807, 2.05) is 12.1 Å². The first kappa shape index (κ1) is 16.5. The van der Waals surface area contributed by atoms with Gasteiger partial charge in [0.15, 0.2) is 11.7 Å². The Bertz CT molecular complexity index is 1000. The molecule has 0 atom stereocenters. The highest BCUT2D eigenvalue weighted by atomic mass is 32.1. The maximum atomic E-state index is 13.2. The summed E-state index contributed by atoms with van der Waals surface area (Å²) in [4.78, 5) is 30.1. The molecule has 4 rings (SSSR count). The predicted molar refractivity (Wildman–Crippen MR) is 97.1 cm³/mol. The Balaban J connectivity index is 1.43. The number of fused-ring (bicyclic) bond motifs is 2. The summed E-state index contributed by atoms with van der Waals surface area (Å²) < 4.78 is 19.3. The zero-order valence-electron chi connectivity index (χ0n) is 13.6. The Labute approximate surface area is 152 Å². The smallest absolute Gasteiger partial charge is 0.265 e. The van der Waals surface area contributed by atoms with Crippen LogP contribution in [0, 0.1) is 5.82 Å². The van der Waals surface area contributed by atoms with Crippen molar-refractivity contribution in [1.82, 2.24) is 4.98 Å². The van der Waals surface area contributed by atoms with Crippen LogP contribution in [0.15, 0.2) is 42.5 Å². The molecule has 6 nitrogen and oxygen atoms in total. The van der Waals surface area contributed by atoms with Crippen LogP contribution in [0.4, 0.5) is 15.2 Å². The molecule has 26 heavy (non-hydrogen) atoms.